The van der Waals surface area contributed by atoms with Gasteiger partial charge in [-0.15, -0.1) is 0 Å². The number of benzene rings is 1. The molecule has 0 bridgehead atoms. The number of aromatic nitrogens is 1. The van der Waals surface area contributed by atoms with Gasteiger partial charge in [0.25, 0.3) is 0 Å². The van der Waals surface area contributed by atoms with Crippen molar-refractivity contribution in [3.05, 3.63) is 54.4 Å². The number of carbonyl (C=O) groups is 1. The second kappa shape index (κ2) is 12.5. The number of rotatable bonds is 9. The summed E-state index contributed by atoms with van der Waals surface area (Å²) in [5.74, 6) is 1.59. The molecule has 6 heteroatoms. The highest BCUT2D eigenvalue weighted by atomic mass is 16.6. The van der Waals surface area contributed by atoms with E-state index in [1.165, 1.54) is 44.1 Å². The van der Waals surface area contributed by atoms with Gasteiger partial charge < -0.3 is 19.3 Å². The summed E-state index contributed by atoms with van der Waals surface area (Å²) in [6.07, 6.45) is 13.0. The van der Waals surface area contributed by atoms with E-state index in [-0.39, 0.29) is 12.1 Å². The molecule has 4 rings (SSSR count). The number of anilines is 1. The van der Waals surface area contributed by atoms with Crippen LogP contribution in [-0.4, -0.2) is 53.9 Å². The van der Waals surface area contributed by atoms with Crippen molar-refractivity contribution in [2.24, 2.45) is 5.92 Å². The van der Waals surface area contributed by atoms with Gasteiger partial charge in [-0.3, -0.25) is 4.98 Å². The van der Waals surface area contributed by atoms with E-state index in [0.717, 1.165) is 49.8 Å². The Morgan fingerprint density at radius 1 is 1.03 bits per heavy atom. The molecule has 6 nitrogen and oxygen atoms in total. The minimum Gasteiger partial charge on any atom is -0.490 e. The maximum atomic E-state index is 12.5. The summed E-state index contributed by atoms with van der Waals surface area (Å²) >= 11 is 0. The highest BCUT2D eigenvalue weighted by molar-refractivity contribution is 5.69. The summed E-state index contributed by atoms with van der Waals surface area (Å²) in [5, 5.41) is 0. The number of nitrogens with zero attached hydrogens (tertiary/aromatic N) is 3. The van der Waals surface area contributed by atoms with Crippen molar-refractivity contribution < 1.29 is 14.3 Å². The summed E-state index contributed by atoms with van der Waals surface area (Å²) in [4.78, 5) is 21.2. The molecule has 1 aromatic carbocycles. The second-order valence-corrected chi connectivity index (χ2v) is 11.3. The maximum Gasteiger partial charge on any atom is 0.410 e. The minimum absolute atomic E-state index is 0.0427. The zero-order valence-corrected chi connectivity index (χ0v) is 22.3. The Morgan fingerprint density at radius 3 is 2.56 bits per heavy atom. The molecule has 36 heavy (non-hydrogen) atoms. The van der Waals surface area contributed by atoms with Crippen LogP contribution >= 0.6 is 0 Å². The molecule has 0 saturated carbocycles. The van der Waals surface area contributed by atoms with Crippen LogP contribution in [0.2, 0.25) is 0 Å². The molecule has 2 saturated heterocycles. The van der Waals surface area contributed by atoms with E-state index in [1.54, 1.807) is 6.20 Å². The van der Waals surface area contributed by atoms with Gasteiger partial charge in [-0.2, -0.15) is 0 Å². The van der Waals surface area contributed by atoms with E-state index in [0.29, 0.717) is 6.61 Å². The van der Waals surface area contributed by atoms with E-state index in [4.69, 9.17) is 9.47 Å². The quantitative estimate of drug-likeness (QED) is 0.374. The number of piperidine rings is 1. The zero-order valence-electron chi connectivity index (χ0n) is 22.3. The van der Waals surface area contributed by atoms with Gasteiger partial charge in [0.05, 0.1) is 24.1 Å². The number of unbranched alkanes of at least 4 members (excludes halogenated alkanes) is 1. The molecule has 2 aromatic rings. The Bertz CT molecular complexity index is 951. The Morgan fingerprint density at radius 2 is 1.81 bits per heavy atom. The lowest BCUT2D eigenvalue weighted by molar-refractivity contribution is 0.0187. The SMILES string of the molecule is CC(C)(C)OC(=O)N1CCC[C@H]1COc1cncc(N2CCC(CCCCc3ccccc3)CC2)c1. The van der Waals surface area contributed by atoms with Crippen LogP contribution in [0.15, 0.2) is 48.8 Å². The molecule has 0 aliphatic carbocycles. The third-order valence-corrected chi connectivity index (χ3v) is 7.30. The summed E-state index contributed by atoms with van der Waals surface area (Å²) < 4.78 is 11.7. The van der Waals surface area contributed by atoms with Crippen LogP contribution in [0.3, 0.4) is 0 Å². The number of hydrogen-bond acceptors (Lipinski definition) is 5. The van der Waals surface area contributed by atoms with Gasteiger partial charge in [0.15, 0.2) is 0 Å². The average molecular weight is 494 g/mol. The monoisotopic (exact) mass is 493 g/mol. The maximum absolute atomic E-state index is 12.5. The van der Waals surface area contributed by atoms with E-state index in [9.17, 15) is 4.79 Å². The highest BCUT2D eigenvalue weighted by Crippen LogP contribution is 2.29. The molecule has 0 spiro atoms. The molecule has 1 aromatic heterocycles. The third kappa shape index (κ3) is 7.87. The lowest BCUT2D eigenvalue weighted by atomic mass is 9.90. The van der Waals surface area contributed by atoms with Crippen LogP contribution in [0.4, 0.5) is 10.5 Å². The van der Waals surface area contributed by atoms with Gasteiger partial charge in [-0.1, -0.05) is 43.2 Å². The largest absolute Gasteiger partial charge is 0.490 e. The van der Waals surface area contributed by atoms with E-state index < -0.39 is 5.60 Å². The Hall–Kier alpha value is -2.76. The predicted octanol–water partition coefficient (Wildman–Crippen LogP) is 6.49. The average Bonchev–Trinajstić information content (AvgIpc) is 3.35. The number of aryl methyl sites for hydroxylation is 1. The van der Waals surface area contributed by atoms with Gasteiger partial charge in [-0.25, -0.2) is 4.79 Å². The highest BCUT2D eigenvalue weighted by Gasteiger charge is 2.32. The third-order valence-electron chi connectivity index (χ3n) is 7.30. The molecule has 196 valence electrons. The van der Waals surface area contributed by atoms with Crippen LogP contribution in [0.25, 0.3) is 0 Å². The second-order valence-electron chi connectivity index (χ2n) is 11.3. The van der Waals surface area contributed by atoms with E-state index in [1.807, 2.05) is 31.9 Å². The number of likely N-dealkylation sites (tertiary alicyclic amines) is 1. The van der Waals surface area contributed by atoms with Crippen molar-refractivity contribution in [1.82, 2.24) is 9.88 Å². The molecule has 2 aliphatic heterocycles. The standard InChI is InChI=1S/C30H43N3O3/c1-30(2,3)36-29(34)33-17-9-14-26(33)23-35-28-20-27(21-31-22-28)32-18-15-25(16-19-32)13-8-7-12-24-10-5-4-6-11-24/h4-6,10-11,20-22,25-26H,7-9,12-19,23H2,1-3H3/t26-/m0/s1. The van der Waals surface area contributed by atoms with Crippen molar-refractivity contribution in [3.8, 4) is 5.75 Å². The number of ether oxygens (including phenoxy) is 2. The smallest absolute Gasteiger partial charge is 0.410 e. The zero-order chi connectivity index (χ0) is 25.4. The summed E-state index contributed by atoms with van der Waals surface area (Å²) in [5.41, 5.74) is 2.09. The Labute approximate surface area is 217 Å². The van der Waals surface area contributed by atoms with Gasteiger partial charge in [-0.05, 0) is 70.8 Å². The van der Waals surface area contributed by atoms with Crippen LogP contribution in [0.5, 0.6) is 5.75 Å². The van der Waals surface area contributed by atoms with Crippen molar-refractivity contribution >= 4 is 11.8 Å². The summed E-state index contributed by atoms with van der Waals surface area (Å²) in [6.45, 7) is 9.04. The first-order valence-electron chi connectivity index (χ1n) is 13.7. The molecule has 0 N–H and O–H groups in total. The predicted molar refractivity (Wildman–Crippen MR) is 145 cm³/mol. The van der Waals surface area contributed by atoms with Crippen LogP contribution in [0.1, 0.15) is 71.3 Å². The van der Waals surface area contributed by atoms with E-state index >= 15 is 0 Å². The molecule has 2 fully saturated rings. The fraction of sp³-hybridized carbons (Fsp3) is 0.600. The van der Waals surface area contributed by atoms with Crippen molar-refractivity contribution in [3.63, 3.8) is 0 Å². The molecular weight excluding hydrogens is 450 g/mol. The number of amides is 1. The molecule has 0 unspecified atom stereocenters. The molecule has 1 atom stereocenters. The van der Waals surface area contributed by atoms with Crippen LogP contribution in [0, 0.1) is 5.92 Å². The number of hydrogen-bond donors (Lipinski definition) is 0. The topological polar surface area (TPSA) is 54.9 Å². The summed E-state index contributed by atoms with van der Waals surface area (Å²) in [6, 6.07) is 13.0. The minimum atomic E-state index is -0.487. The van der Waals surface area contributed by atoms with Crippen molar-refractivity contribution in [2.45, 2.75) is 83.8 Å². The number of carbonyl (C=O) groups excluding carboxylic acids is 1. The molecule has 1 amide bonds. The summed E-state index contributed by atoms with van der Waals surface area (Å²) in [7, 11) is 0. The van der Waals surface area contributed by atoms with Gasteiger partial charge in [0.1, 0.15) is 18.0 Å². The van der Waals surface area contributed by atoms with Gasteiger partial charge >= 0.3 is 6.09 Å². The van der Waals surface area contributed by atoms with Crippen LogP contribution in [-0.2, 0) is 11.2 Å². The van der Waals surface area contributed by atoms with E-state index in [2.05, 4.69) is 46.3 Å². The normalized spacial score (nSPS) is 18.9. The van der Waals surface area contributed by atoms with Crippen molar-refractivity contribution in [1.29, 1.82) is 0 Å². The first kappa shape index (κ1) is 26.3. The molecule has 2 aliphatic rings. The molecule has 3 heterocycles. The lowest BCUT2D eigenvalue weighted by Crippen LogP contribution is -2.42. The number of pyridine rings is 1. The lowest BCUT2D eigenvalue weighted by Gasteiger charge is -2.33. The molecule has 0 radical (unpaired) electrons. The van der Waals surface area contributed by atoms with Crippen molar-refractivity contribution in [2.75, 3.05) is 31.1 Å². The fourth-order valence-corrected chi connectivity index (χ4v) is 5.31. The van der Waals surface area contributed by atoms with Crippen LogP contribution < -0.4 is 9.64 Å². The molecular formula is C30H43N3O3. The first-order chi connectivity index (χ1) is 17.4. The fourth-order valence-electron chi connectivity index (χ4n) is 5.31. The first-order valence-corrected chi connectivity index (χ1v) is 13.7. The van der Waals surface area contributed by atoms with Gasteiger partial charge in [0, 0.05) is 25.7 Å². The Kier molecular flexibility index (Phi) is 9.11. The van der Waals surface area contributed by atoms with Gasteiger partial charge in [0.2, 0.25) is 0 Å². The Balaban J connectivity index is 1.19.